The summed E-state index contributed by atoms with van der Waals surface area (Å²) in [5.41, 5.74) is 3.44. The molecular formula is C31H28Cl4N2O2. The van der Waals surface area contributed by atoms with Crippen LogP contribution in [0.4, 0.5) is 0 Å². The third kappa shape index (κ3) is 7.75. The van der Waals surface area contributed by atoms with Crippen LogP contribution < -0.4 is 5.32 Å². The van der Waals surface area contributed by atoms with Crippen molar-refractivity contribution in [3.05, 3.63) is 115 Å². The van der Waals surface area contributed by atoms with Crippen molar-refractivity contribution < 1.29 is 9.59 Å². The molecule has 3 aromatic rings. The van der Waals surface area contributed by atoms with E-state index in [9.17, 15) is 9.59 Å². The molecule has 1 aliphatic rings. The van der Waals surface area contributed by atoms with E-state index >= 15 is 0 Å². The number of rotatable bonds is 7. The van der Waals surface area contributed by atoms with Crippen LogP contribution in [0.5, 0.6) is 0 Å². The van der Waals surface area contributed by atoms with Gasteiger partial charge in [-0.1, -0.05) is 103 Å². The molecular weight excluding hydrogens is 574 g/mol. The Hall–Kier alpha value is -2.60. The Balaban J connectivity index is 1.72. The molecule has 4 nitrogen and oxygen atoms in total. The van der Waals surface area contributed by atoms with Crippen LogP contribution in [0.15, 0.2) is 77.9 Å². The molecule has 3 aromatic carbocycles. The first-order valence-electron chi connectivity index (χ1n) is 12.6. The first kappa shape index (κ1) is 29.4. The molecule has 0 aliphatic carbocycles. The van der Waals surface area contributed by atoms with Gasteiger partial charge in [0, 0.05) is 30.3 Å². The summed E-state index contributed by atoms with van der Waals surface area (Å²) >= 11 is 24.6. The van der Waals surface area contributed by atoms with Crippen molar-refractivity contribution in [1.29, 1.82) is 0 Å². The van der Waals surface area contributed by atoms with Crippen LogP contribution in [0.25, 0.3) is 12.2 Å². The zero-order valence-corrected chi connectivity index (χ0v) is 24.6. The molecule has 0 radical (unpaired) electrons. The number of Topliss-reactive ketones (excluding diaryl/α,β-unsaturated/α-hetero) is 1. The Labute approximate surface area is 249 Å². The van der Waals surface area contributed by atoms with Crippen molar-refractivity contribution in [1.82, 2.24) is 10.2 Å². The van der Waals surface area contributed by atoms with E-state index < -0.39 is 6.04 Å². The third-order valence-corrected chi connectivity index (χ3v) is 7.78. The molecule has 0 bridgehead atoms. The molecule has 4 rings (SSSR count). The second-order valence-electron chi connectivity index (χ2n) is 9.77. The number of benzene rings is 3. The van der Waals surface area contributed by atoms with Crippen LogP contribution in [0.2, 0.25) is 20.1 Å². The van der Waals surface area contributed by atoms with Crippen molar-refractivity contribution in [2.75, 3.05) is 13.1 Å². The van der Waals surface area contributed by atoms with Crippen molar-refractivity contribution >= 4 is 70.2 Å². The summed E-state index contributed by atoms with van der Waals surface area (Å²) in [6, 6.07) is 19.9. The summed E-state index contributed by atoms with van der Waals surface area (Å²) in [4.78, 5) is 29.3. The molecule has 202 valence electrons. The van der Waals surface area contributed by atoms with Gasteiger partial charge in [-0.05, 0) is 59.5 Å². The fourth-order valence-electron chi connectivity index (χ4n) is 4.49. The maximum atomic E-state index is 14.0. The highest BCUT2D eigenvalue weighted by Crippen LogP contribution is 2.28. The van der Waals surface area contributed by atoms with Gasteiger partial charge in [0.25, 0.3) is 0 Å². The number of ketones is 1. The number of nitrogens with one attached hydrogen (secondary N) is 1. The number of halogens is 4. The number of likely N-dealkylation sites (tertiary alicyclic amines) is 1. The lowest BCUT2D eigenvalue weighted by Gasteiger charge is -2.33. The van der Waals surface area contributed by atoms with Crippen molar-refractivity contribution in [2.24, 2.45) is 0 Å². The quantitative estimate of drug-likeness (QED) is 0.281. The molecule has 0 aromatic heterocycles. The van der Waals surface area contributed by atoms with Gasteiger partial charge >= 0.3 is 0 Å². The van der Waals surface area contributed by atoms with E-state index in [2.05, 4.69) is 5.32 Å². The van der Waals surface area contributed by atoms with Gasteiger partial charge < -0.3 is 10.2 Å². The van der Waals surface area contributed by atoms with Gasteiger partial charge in [-0.15, -0.1) is 0 Å². The lowest BCUT2D eigenvalue weighted by Crippen LogP contribution is -2.52. The van der Waals surface area contributed by atoms with Crippen LogP contribution in [-0.4, -0.2) is 41.8 Å². The summed E-state index contributed by atoms with van der Waals surface area (Å²) in [6.07, 6.45) is 4.05. The minimum atomic E-state index is -0.460. The highest BCUT2D eigenvalue weighted by molar-refractivity contribution is 6.42. The summed E-state index contributed by atoms with van der Waals surface area (Å²) < 4.78 is 0. The van der Waals surface area contributed by atoms with Crippen LogP contribution in [0.3, 0.4) is 0 Å². The molecule has 1 amide bonds. The summed E-state index contributed by atoms with van der Waals surface area (Å²) in [5.74, 6) is -0.229. The smallest absolute Gasteiger partial charge is 0.240 e. The van der Waals surface area contributed by atoms with Gasteiger partial charge in [-0.2, -0.15) is 0 Å². The third-order valence-electron chi connectivity index (χ3n) is 6.30. The van der Waals surface area contributed by atoms with Gasteiger partial charge in [-0.3, -0.25) is 9.59 Å². The van der Waals surface area contributed by atoms with Gasteiger partial charge in [0.1, 0.15) is 0 Å². The number of carbonyl (C=O) groups excluding carboxylic acids is 2. The molecule has 1 heterocycles. The number of nitrogens with zero attached hydrogens (tertiary/aromatic N) is 1. The zero-order chi connectivity index (χ0) is 28.1. The minimum absolute atomic E-state index is 0.0832. The largest absolute Gasteiger partial charge is 0.332 e. The molecule has 1 unspecified atom stereocenters. The van der Waals surface area contributed by atoms with Crippen molar-refractivity contribution in [3.8, 4) is 0 Å². The fourth-order valence-corrected chi connectivity index (χ4v) is 5.11. The fraction of sp³-hybridized carbons (Fsp3) is 0.226. The average Bonchev–Trinajstić information content (AvgIpc) is 2.90. The molecule has 1 N–H and O–H groups in total. The first-order valence-corrected chi connectivity index (χ1v) is 14.1. The summed E-state index contributed by atoms with van der Waals surface area (Å²) in [7, 11) is 0. The second-order valence-corrected chi connectivity index (χ2v) is 11.4. The van der Waals surface area contributed by atoms with Gasteiger partial charge in [0.2, 0.25) is 5.91 Å². The Kier molecular flexibility index (Phi) is 9.92. The maximum Gasteiger partial charge on any atom is 0.240 e. The topological polar surface area (TPSA) is 49.4 Å². The van der Waals surface area contributed by atoms with E-state index in [0.29, 0.717) is 37.7 Å². The second kappa shape index (κ2) is 13.2. The standard InChI is InChI=1S/C31H28Cl4N2O2/c1-19(2)36-29(16-20-6-4-3-5-7-20)31(39)37-17-23(12-21-8-10-25(32)27(34)14-21)30(38)24(18-37)13-22-9-11-26(33)28(35)15-22/h3-15,19,29,36H,16-18H2,1-2H3/b23-12+,24-13+. The highest BCUT2D eigenvalue weighted by atomic mass is 35.5. The Morgan fingerprint density at radius 2 is 1.33 bits per heavy atom. The maximum absolute atomic E-state index is 14.0. The Morgan fingerprint density at radius 1 is 0.821 bits per heavy atom. The molecule has 0 spiro atoms. The number of hydrogen-bond acceptors (Lipinski definition) is 3. The molecule has 1 saturated heterocycles. The van der Waals surface area contributed by atoms with E-state index in [-0.39, 0.29) is 30.8 Å². The average molecular weight is 602 g/mol. The van der Waals surface area contributed by atoms with E-state index in [0.717, 1.165) is 16.7 Å². The molecule has 1 atom stereocenters. The van der Waals surface area contributed by atoms with Gasteiger partial charge in [0.15, 0.2) is 5.78 Å². The van der Waals surface area contributed by atoms with E-state index in [1.54, 1.807) is 53.5 Å². The summed E-state index contributed by atoms with van der Waals surface area (Å²) in [6.45, 7) is 4.36. The molecule has 39 heavy (non-hydrogen) atoms. The van der Waals surface area contributed by atoms with E-state index in [4.69, 9.17) is 46.4 Å². The lowest BCUT2D eigenvalue weighted by molar-refractivity contribution is -0.133. The SMILES string of the molecule is CC(C)NC(Cc1ccccc1)C(=O)N1C/C(=C\c2ccc(Cl)c(Cl)c2)C(=O)/C(=C/c2ccc(Cl)c(Cl)c2)C1. The Morgan fingerprint density at radius 3 is 1.79 bits per heavy atom. The van der Waals surface area contributed by atoms with Crippen LogP contribution in [-0.2, 0) is 16.0 Å². The predicted octanol–water partition coefficient (Wildman–Crippen LogP) is 7.79. The molecule has 0 saturated carbocycles. The van der Waals surface area contributed by atoms with Crippen LogP contribution in [0, 0.1) is 0 Å². The first-order chi connectivity index (χ1) is 18.6. The highest BCUT2D eigenvalue weighted by Gasteiger charge is 2.33. The number of carbonyl (C=O) groups is 2. The van der Waals surface area contributed by atoms with Gasteiger partial charge in [-0.25, -0.2) is 0 Å². The van der Waals surface area contributed by atoms with E-state index in [1.807, 2.05) is 44.2 Å². The Bertz CT molecular complexity index is 1360. The monoisotopic (exact) mass is 600 g/mol. The number of hydrogen-bond donors (Lipinski definition) is 1. The van der Waals surface area contributed by atoms with Crippen molar-refractivity contribution in [3.63, 3.8) is 0 Å². The van der Waals surface area contributed by atoms with Crippen LogP contribution in [0.1, 0.15) is 30.5 Å². The zero-order valence-electron chi connectivity index (χ0n) is 21.6. The normalized spacial score (nSPS) is 16.8. The van der Waals surface area contributed by atoms with E-state index in [1.165, 1.54) is 0 Å². The number of amides is 1. The summed E-state index contributed by atoms with van der Waals surface area (Å²) in [5, 5.41) is 5.04. The van der Waals surface area contributed by atoms with Crippen LogP contribution >= 0.6 is 46.4 Å². The minimum Gasteiger partial charge on any atom is -0.332 e. The number of piperidine rings is 1. The molecule has 1 aliphatic heterocycles. The van der Waals surface area contributed by atoms with Gasteiger partial charge in [0.05, 0.1) is 26.1 Å². The lowest BCUT2D eigenvalue weighted by atomic mass is 9.93. The molecule has 8 heteroatoms. The predicted molar refractivity (Wildman–Crippen MR) is 163 cm³/mol. The van der Waals surface area contributed by atoms with Crippen molar-refractivity contribution in [2.45, 2.75) is 32.4 Å². The molecule has 1 fully saturated rings.